The second kappa shape index (κ2) is 9.92. The molecule has 0 radical (unpaired) electrons. The van der Waals surface area contributed by atoms with Crippen molar-refractivity contribution >= 4 is 11.7 Å². The number of aromatic nitrogens is 2. The fraction of sp³-hybridized carbons (Fsp3) is 0.393. The van der Waals surface area contributed by atoms with Gasteiger partial charge < -0.3 is 9.80 Å². The number of amides is 1. The van der Waals surface area contributed by atoms with Crippen LogP contribution in [0.5, 0.6) is 0 Å². The van der Waals surface area contributed by atoms with Gasteiger partial charge in [-0.2, -0.15) is 0 Å². The number of hydrogen-bond donors (Lipinski definition) is 0. The first-order valence-corrected chi connectivity index (χ1v) is 12.3. The summed E-state index contributed by atoms with van der Waals surface area (Å²) < 4.78 is 13.9. The van der Waals surface area contributed by atoms with Crippen molar-refractivity contribution in [3.8, 4) is 11.4 Å². The van der Waals surface area contributed by atoms with Crippen LogP contribution in [0, 0.1) is 18.7 Å². The topological polar surface area (TPSA) is 49.3 Å². The number of halogens is 1. The Kier molecular flexibility index (Phi) is 6.57. The predicted molar refractivity (Wildman–Crippen MR) is 132 cm³/mol. The van der Waals surface area contributed by atoms with Gasteiger partial charge in [0.15, 0.2) is 5.82 Å². The number of hydrogen-bond acceptors (Lipinski definition) is 4. The number of aryl methyl sites for hydroxylation is 1. The first-order chi connectivity index (χ1) is 16.6. The molecule has 5 nitrogen and oxygen atoms in total. The molecule has 2 heterocycles. The summed E-state index contributed by atoms with van der Waals surface area (Å²) in [6.45, 7) is 4.89. The zero-order chi connectivity index (χ0) is 23.5. The van der Waals surface area contributed by atoms with Crippen molar-refractivity contribution in [3.63, 3.8) is 0 Å². The smallest absolute Gasteiger partial charge is 0.225 e. The van der Waals surface area contributed by atoms with Gasteiger partial charge in [0, 0.05) is 55.3 Å². The van der Waals surface area contributed by atoms with Gasteiger partial charge in [-0.3, -0.25) is 4.79 Å². The second-order valence-electron chi connectivity index (χ2n) is 9.40. The second-order valence-corrected chi connectivity index (χ2v) is 9.40. The first kappa shape index (κ1) is 22.5. The van der Waals surface area contributed by atoms with Gasteiger partial charge >= 0.3 is 0 Å². The van der Waals surface area contributed by atoms with Crippen LogP contribution in [0.1, 0.15) is 42.5 Å². The minimum Gasteiger partial charge on any atom is -0.353 e. The van der Waals surface area contributed by atoms with Gasteiger partial charge in [0.2, 0.25) is 5.91 Å². The average Bonchev–Trinajstić information content (AvgIpc) is 3.41. The van der Waals surface area contributed by atoms with Crippen molar-refractivity contribution in [1.82, 2.24) is 14.9 Å². The van der Waals surface area contributed by atoms with Crippen LogP contribution in [-0.2, 0) is 11.2 Å². The summed E-state index contributed by atoms with van der Waals surface area (Å²) in [5.74, 6) is 1.66. The lowest BCUT2D eigenvalue weighted by Gasteiger charge is -2.37. The SMILES string of the molecule is Cc1nc(-c2cccc(F)c2)nc(N2CCN(C(=O)C3CCCC3)CC2)c1Cc1ccccc1. The van der Waals surface area contributed by atoms with Crippen molar-refractivity contribution in [2.24, 2.45) is 5.92 Å². The predicted octanol–water partition coefficient (Wildman–Crippen LogP) is 5.02. The Bertz CT molecular complexity index is 1150. The molecule has 1 saturated carbocycles. The molecular formula is C28H31FN4O. The molecule has 1 saturated heterocycles. The molecule has 1 aliphatic heterocycles. The molecule has 0 bridgehead atoms. The Balaban J connectivity index is 1.44. The highest BCUT2D eigenvalue weighted by molar-refractivity contribution is 5.79. The highest BCUT2D eigenvalue weighted by Gasteiger charge is 2.30. The average molecular weight is 459 g/mol. The third-order valence-corrected chi connectivity index (χ3v) is 7.09. The lowest BCUT2D eigenvalue weighted by atomic mass is 10.0. The summed E-state index contributed by atoms with van der Waals surface area (Å²) in [6.07, 6.45) is 5.13. The van der Waals surface area contributed by atoms with Gasteiger partial charge in [-0.25, -0.2) is 14.4 Å². The van der Waals surface area contributed by atoms with Gasteiger partial charge in [-0.05, 0) is 37.5 Å². The Hall–Kier alpha value is -3.28. The lowest BCUT2D eigenvalue weighted by molar-refractivity contribution is -0.135. The van der Waals surface area contributed by atoms with E-state index in [9.17, 15) is 9.18 Å². The van der Waals surface area contributed by atoms with E-state index in [1.807, 2.05) is 36.1 Å². The van der Waals surface area contributed by atoms with Crippen molar-refractivity contribution in [3.05, 3.63) is 77.2 Å². The largest absolute Gasteiger partial charge is 0.353 e. The Morgan fingerprint density at radius 3 is 2.41 bits per heavy atom. The number of benzene rings is 2. The van der Waals surface area contributed by atoms with Gasteiger partial charge in [0.1, 0.15) is 11.6 Å². The van der Waals surface area contributed by atoms with Gasteiger partial charge in [-0.1, -0.05) is 55.3 Å². The number of piperazine rings is 1. The Morgan fingerprint density at radius 1 is 0.971 bits per heavy atom. The van der Waals surface area contributed by atoms with Crippen LogP contribution in [0.3, 0.4) is 0 Å². The summed E-state index contributed by atoms with van der Waals surface area (Å²) in [5, 5.41) is 0. The van der Waals surface area contributed by atoms with Gasteiger partial charge in [0.25, 0.3) is 0 Å². The molecule has 0 atom stereocenters. The highest BCUT2D eigenvalue weighted by atomic mass is 19.1. The molecule has 1 aliphatic carbocycles. The maximum atomic E-state index is 13.9. The van der Waals surface area contributed by atoms with E-state index >= 15 is 0 Å². The fourth-order valence-corrected chi connectivity index (χ4v) is 5.18. The summed E-state index contributed by atoms with van der Waals surface area (Å²) >= 11 is 0. The van der Waals surface area contributed by atoms with E-state index in [0.29, 0.717) is 30.4 Å². The summed E-state index contributed by atoms with van der Waals surface area (Å²) in [5.41, 5.74) is 3.86. The molecule has 0 unspecified atom stereocenters. The highest BCUT2D eigenvalue weighted by Crippen LogP contribution is 2.30. The number of carbonyl (C=O) groups is 1. The maximum absolute atomic E-state index is 13.9. The van der Waals surface area contributed by atoms with Crippen LogP contribution >= 0.6 is 0 Å². The van der Waals surface area contributed by atoms with Crippen LogP contribution in [-0.4, -0.2) is 47.0 Å². The summed E-state index contributed by atoms with van der Waals surface area (Å²) in [4.78, 5) is 26.9. The zero-order valence-electron chi connectivity index (χ0n) is 19.7. The zero-order valence-corrected chi connectivity index (χ0v) is 19.7. The molecule has 0 spiro atoms. The number of rotatable bonds is 5. The summed E-state index contributed by atoms with van der Waals surface area (Å²) in [7, 11) is 0. The van der Waals surface area contributed by atoms with E-state index in [1.54, 1.807) is 6.07 Å². The van der Waals surface area contributed by atoms with E-state index in [-0.39, 0.29) is 11.7 Å². The van der Waals surface area contributed by atoms with E-state index in [2.05, 4.69) is 17.0 Å². The lowest BCUT2D eigenvalue weighted by Crippen LogP contribution is -2.50. The molecular weight excluding hydrogens is 427 g/mol. The monoisotopic (exact) mass is 458 g/mol. The molecule has 34 heavy (non-hydrogen) atoms. The Labute approximate surface area is 200 Å². The molecule has 0 N–H and O–H groups in total. The third kappa shape index (κ3) is 4.81. The minimum atomic E-state index is -0.298. The maximum Gasteiger partial charge on any atom is 0.225 e. The van der Waals surface area contributed by atoms with Gasteiger partial charge in [0.05, 0.1) is 0 Å². The van der Waals surface area contributed by atoms with Crippen molar-refractivity contribution in [2.75, 3.05) is 31.1 Å². The Morgan fingerprint density at radius 2 is 1.71 bits per heavy atom. The van der Waals surface area contributed by atoms with Crippen molar-refractivity contribution in [1.29, 1.82) is 0 Å². The molecule has 6 heteroatoms. The fourth-order valence-electron chi connectivity index (χ4n) is 5.18. The van der Waals surface area contributed by atoms with Crippen LogP contribution in [0.25, 0.3) is 11.4 Å². The number of anilines is 1. The van der Waals surface area contributed by atoms with Crippen LogP contribution in [0.2, 0.25) is 0 Å². The summed E-state index contributed by atoms with van der Waals surface area (Å²) in [6, 6.07) is 16.8. The number of nitrogens with zero attached hydrogens (tertiary/aromatic N) is 4. The molecule has 1 aromatic heterocycles. The van der Waals surface area contributed by atoms with Crippen molar-refractivity contribution < 1.29 is 9.18 Å². The van der Waals surface area contributed by atoms with Crippen molar-refractivity contribution in [2.45, 2.75) is 39.0 Å². The van der Waals surface area contributed by atoms with Crippen LogP contribution < -0.4 is 4.90 Å². The molecule has 2 aromatic carbocycles. The molecule has 1 amide bonds. The van der Waals surface area contributed by atoms with Gasteiger partial charge in [-0.15, -0.1) is 0 Å². The molecule has 3 aromatic rings. The normalized spacial score (nSPS) is 16.8. The minimum absolute atomic E-state index is 0.209. The standard InChI is InChI=1S/C28H31FN4O/c1-20-25(18-21-8-3-2-4-9-21)27(31-26(30-20)23-12-7-13-24(29)19-23)32-14-16-33(17-15-32)28(34)22-10-5-6-11-22/h2-4,7-9,12-13,19,22H,5-6,10-11,14-18H2,1H3. The first-order valence-electron chi connectivity index (χ1n) is 12.3. The van der Waals surface area contributed by atoms with E-state index < -0.39 is 0 Å². The van der Waals surface area contributed by atoms with E-state index in [4.69, 9.17) is 9.97 Å². The molecule has 5 rings (SSSR count). The third-order valence-electron chi connectivity index (χ3n) is 7.09. The molecule has 176 valence electrons. The van der Waals surface area contributed by atoms with E-state index in [1.165, 1.54) is 30.5 Å². The quantitative estimate of drug-likeness (QED) is 0.539. The van der Waals surface area contributed by atoms with Crippen LogP contribution in [0.4, 0.5) is 10.2 Å². The van der Waals surface area contributed by atoms with E-state index in [0.717, 1.165) is 49.4 Å². The molecule has 2 aliphatic rings. The van der Waals surface area contributed by atoms with Crippen LogP contribution in [0.15, 0.2) is 54.6 Å². The molecule has 2 fully saturated rings. The number of carbonyl (C=O) groups excluding carboxylic acids is 1.